The molecule has 8 nitrogen and oxygen atoms in total. The molecule has 1 aromatic rings. The van der Waals surface area contributed by atoms with E-state index in [1.165, 1.54) is 10.9 Å². The van der Waals surface area contributed by atoms with Gasteiger partial charge in [-0.3, -0.25) is 19.6 Å². The van der Waals surface area contributed by atoms with Crippen molar-refractivity contribution in [2.24, 2.45) is 0 Å². The third-order valence-electron chi connectivity index (χ3n) is 3.44. The summed E-state index contributed by atoms with van der Waals surface area (Å²) in [4.78, 5) is 24.3. The minimum absolute atomic E-state index is 0.0175. The molecule has 0 unspecified atom stereocenters. The zero-order chi connectivity index (χ0) is 15.6. The summed E-state index contributed by atoms with van der Waals surface area (Å²) in [7, 11) is 0. The van der Waals surface area contributed by atoms with Crippen LogP contribution in [-0.4, -0.2) is 50.8 Å². The minimum Gasteiger partial charge on any atom is -0.372 e. The summed E-state index contributed by atoms with van der Waals surface area (Å²) in [6, 6.07) is 0. The SMILES string of the molecule is Cc1nn(CCC(=O)N2C[C@@H](C)O[C@H](C)C2)cc1[N+](=O)[O-]. The molecule has 0 aliphatic carbocycles. The summed E-state index contributed by atoms with van der Waals surface area (Å²) >= 11 is 0. The Bertz CT molecular complexity index is 532. The fourth-order valence-corrected chi connectivity index (χ4v) is 2.55. The molecule has 1 saturated heterocycles. The van der Waals surface area contributed by atoms with Crippen molar-refractivity contribution in [2.75, 3.05) is 13.1 Å². The van der Waals surface area contributed by atoms with Crippen LogP contribution in [0.2, 0.25) is 0 Å². The van der Waals surface area contributed by atoms with Crippen molar-refractivity contribution >= 4 is 11.6 Å². The molecule has 0 N–H and O–H groups in total. The molecule has 0 aromatic carbocycles. The quantitative estimate of drug-likeness (QED) is 0.613. The van der Waals surface area contributed by atoms with Gasteiger partial charge in [-0.2, -0.15) is 5.10 Å². The average molecular weight is 296 g/mol. The van der Waals surface area contributed by atoms with Gasteiger partial charge < -0.3 is 9.64 Å². The Hall–Kier alpha value is -1.96. The smallest absolute Gasteiger partial charge is 0.309 e. The zero-order valence-electron chi connectivity index (χ0n) is 12.5. The van der Waals surface area contributed by atoms with Crippen LogP contribution in [-0.2, 0) is 16.1 Å². The number of amides is 1. The van der Waals surface area contributed by atoms with E-state index in [0.29, 0.717) is 25.3 Å². The molecule has 1 amide bonds. The van der Waals surface area contributed by atoms with Crippen LogP contribution < -0.4 is 0 Å². The molecule has 1 aromatic heterocycles. The van der Waals surface area contributed by atoms with E-state index in [4.69, 9.17) is 4.74 Å². The summed E-state index contributed by atoms with van der Waals surface area (Å²) < 4.78 is 7.05. The Kier molecular flexibility index (Phi) is 4.56. The van der Waals surface area contributed by atoms with E-state index in [1.54, 1.807) is 11.8 Å². The van der Waals surface area contributed by atoms with Gasteiger partial charge in [-0.1, -0.05) is 0 Å². The van der Waals surface area contributed by atoms with Gasteiger partial charge in [-0.05, 0) is 20.8 Å². The highest BCUT2D eigenvalue weighted by atomic mass is 16.6. The summed E-state index contributed by atoms with van der Waals surface area (Å²) in [5, 5.41) is 14.8. The number of aryl methyl sites for hydroxylation is 2. The zero-order valence-corrected chi connectivity index (χ0v) is 12.5. The number of hydrogen-bond donors (Lipinski definition) is 0. The van der Waals surface area contributed by atoms with Crippen LogP contribution in [0.4, 0.5) is 5.69 Å². The van der Waals surface area contributed by atoms with Gasteiger partial charge in [-0.25, -0.2) is 0 Å². The predicted octanol–water partition coefficient (Wildman–Crippen LogP) is 1.13. The first-order chi connectivity index (χ1) is 9.86. The molecule has 1 aliphatic heterocycles. The molecule has 116 valence electrons. The number of carbonyl (C=O) groups excluding carboxylic acids is 1. The molecule has 2 atom stereocenters. The largest absolute Gasteiger partial charge is 0.372 e. The van der Waals surface area contributed by atoms with Crippen LogP contribution in [0.5, 0.6) is 0 Å². The monoisotopic (exact) mass is 296 g/mol. The van der Waals surface area contributed by atoms with Gasteiger partial charge in [0.05, 0.1) is 17.1 Å². The van der Waals surface area contributed by atoms with Gasteiger partial charge in [0, 0.05) is 26.1 Å². The first kappa shape index (κ1) is 15.4. The van der Waals surface area contributed by atoms with E-state index < -0.39 is 4.92 Å². The van der Waals surface area contributed by atoms with Gasteiger partial charge in [-0.15, -0.1) is 0 Å². The van der Waals surface area contributed by atoms with Crippen molar-refractivity contribution < 1.29 is 14.5 Å². The number of hydrogen-bond acceptors (Lipinski definition) is 5. The molecule has 0 radical (unpaired) electrons. The molecule has 1 fully saturated rings. The Morgan fingerprint density at radius 3 is 2.62 bits per heavy atom. The Morgan fingerprint density at radius 1 is 1.48 bits per heavy atom. The van der Waals surface area contributed by atoms with E-state index in [1.807, 2.05) is 13.8 Å². The van der Waals surface area contributed by atoms with Gasteiger partial charge in [0.15, 0.2) is 0 Å². The molecule has 0 spiro atoms. The molecule has 0 bridgehead atoms. The lowest BCUT2D eigenvalue weighted by Gasteiger charge is -2.35. The highest BCUT2D eigenvalue weighted by Gasteiger charge is 2.25. The lowest BCUT2D eigenvalue weighted by molar-refractivity contribution is -0.385. The Balaban J connectivity index is 1.92. The van der Waals surface area contributed by atoms with Crippen LogP contribution >= 0.6 is 0 Å². The van der Waals surface area contributed by atoms with Crippen LogP contribution in [0.3, 0.4) is 0 Å². The van der Waals surface area contributed by atoms with Crippen molar-refractivity contribution in [2.45, 2.75) is 45.9 Å². The first-order valence-corrected chi connectivity index (χ1v) is 6.98. The van der Waals surface area contributed by atoms with E-state index in [9.17, 15) is 14.9 Å². The third kappa shape index (κ3) is 3.78. The van der Waals surface area contributed by atoms with Gasteiger partial charge in [0.2, 0.25) is 5.91 Å². The summed E-state index contributed by atoms with van der Waals surface area (Å²) in [5.74, 6) is 0.0211. The van der Waals surface area contributed by atoms with E-state index in [2.05, 4.69) is 5.10 Å². The molecule has 2 rings (SSSR count). The molecular weight excluding hydrogens is 276 g/mol. The fourth-order valence-electron chi connectivity index (χ4n) is 2.55. The molecule has 2 heterocycles. The molecule has 8 heteroatoms. The number of rotatable bonds is 4. The normalized spacial score (nSPS) is 22.3. The second kappa shape index (κ2) is 6.21. The van der Waals surface area contributed by atoms with Crippen LogP contribution in [0, 0.1) is 17.0 Å². The van der Waals surface area contributed by atoms with Crippen molar-refractivity contribution in [3.8, 4) is 0 Å². The maximum Gasteiger partial charge on any atom is 0.309 e. The second-order valence-corrected chi connectivity index (χ2v) is 5.43. The van der Waals surface area contributed by atoms with E-state index >= 15 is 0 Å². The van der Waals surface area contributed by atoms with Crippen LogP contribution in [0.15, 0.2) is 6.20 Å². The number of aromatic nitrogens is 2. The average Bonchev–Trinajstić information content (AvgIpc) is 2.76. The molecule has 21 heavy (non-hydrogen) atoms. The summed E-state index contributed by atoms with van der Waals surface area (Å²) in [6.45, 7) is 6.98. The number of carbonyl (C=O) groups is 1. The summed E-state index contributed by atoms with van der Waals surface area (Å²) in [5.41, 5.74) is 0.345. The highest BCUT2D eigenvalue weighted by molar-refractivity contribution is 5.76. The van der Waals surface area contributed by atoms with Crippen molar-refractivity contribution in [1.82, 2.24) is 14.7 Å². The van der Waals surface area contributed by atoms with Crippen LogP contribution in [0.25, 0.3) is 0 Å². The standard InChI is InChI=1S/C13H20N4O4/c1-9-6-15(7-10(2)21-9)13(18)4-5-16-8-12(17(19)20)11(3)14-16/h8-10H,4-7H2,1-3H3/t9-,10-/m1/s1. The third-order valence-corrected chi connectivity index (χ3v) is 3.44. The van der Waals surface area contributed by atoms with Gasteiger partial charge in [0.1, 0.15) is 11.9 Å². The number of ether oxygens (including phenoxy) is 1. The fraction of sp³-hybridized carbons (Fsp3) is 0.692. The van der Waals surface area contributed by atoms with E-state index in [0.717, 1.165) is 0 Å². The summed E-state index contributed by atoms with van der Waals surface area (Å²) in [6.07, 6.45) is 1.71. The lowest BCUT2D eigenvalue weighted by atomic mass is 10.2. The predicted molar refractivity (Wildman–Crippen MR) is 74.8 cm³/mol. The maximum absolute atomic E-state index is 12.2. The Morgan fingerprint density at radius 2 is 2.10 bits per heavy atom. The number of nitro groups is 1. The highest BCUT2D eigenvalue weighted by Crippen LogP contribution is 2.16. The minimum atomic E-state index is -0.466. The van der Waals surface area contributed by atoms with Crippen molar-refractivity contribution in [3.05, 3.63) is 22.0 Å². The maximum atomic E-state index is 12.2. The van der Waals surface area contributed by atoms with Crippen molar-refractivity contribution in [3.63, 3.8) is 0 Å². The molecule has 1 aliphatic rings. The first-order valence-electron chi connectivity index (χ1n) is 6.98. The van der Waals surface area contributed by atoms with Crippen LogP contribution in [0.1, 0.15) is 26.0 Å². The number of nitrogens with zero attached hydrogens (tertiary/aromatic N) is 4. The second-order valence-electron chi connectivity index (χ2n) is 5.43. The number of morpholine rings is 1. The van der Waals surface area contributed by atoms with Gasteiger partial charge >= 0.3 is 5.69 Å². The Labute approximate surface area is 122 Å². The van der Waals surface area contributed by atoms with Crippen molar-refractivity contribution in [1.29, 1.82) is 0 Å². The topological polar surface area (TPSA) is 90.5 Å². The van der Waals surface area contributed by atoms with Gasteiger partial charge in [0.25, 0.3) is 0 Å². The van der Waals surface area contributed by atoms with E-state index in [-0.39, 0.29) is 30.2 Å². The molecular formula is C13H20N4O4. The lowest BCUT2D eigenvalue weighted by Crippen LogP contribution is -2.48. The molecule has 0 saturated carbocycles.